The van der Waals surface area contributed by atoms with Gasteiger partial charge in [-0.25, -0.2) is 9.97 Å². The van der Waals surface area contributed by atoms with Crippen molar-refractivity contribution >= 4 is 16.9 Å². The van der Waals surface area contributed by atoms with Crippen LogP contribution in [0.2, 0.25) is 0 Å². The Hall–Kier alpha value is -2.63. The number of H-pyrrole nitrogens is 1. The van der Waals surface area contributed by atoms with Crippen molar-refractivity contribution in [2.75, 3.05) is 5.73 Å². The molecule has 0 aliphatic heterocycles. The standard InChI is InChI=1S/C12H11N5O/c1-7-15-10-6-14-12(17-11(10)16-7)18-9-4-2-3-8(13)5-9/h2-6H,13H2,1H3,(H,14,15,16,17). The highest BCUT2D eigenvalue weighted by molar-refractivity contribution is 5.69. The van der Waals surface area contributed by atoms with Crippen molar-refractivity contribution in [3.8, 4) is 11.8 Å². The molecule has 18 heavy (non-hydrogen) atoms. The first-order valence-electron chi connectivity index (χ1n) is 5.43. The first-order valence-corrected chi connectivity index (χ1v) is 5.43. The SMILES string of the molecule is Cc1nc2nc(Oc3cccc(N)c3)ncc2[nH]1. The van der Waals surface area contributed by atoms with E-state index in [0.717, 1.165) is 11.3 Å². The van der Waals surface area contributed by atoms with Gasteiger partial charge in [0.2, 0.25) is 0 Å². The minimum absolute atomic E-state index is 0.250. The Kier molecular flexibility index (Phi) is 2.33. The van der Waals surface area contributed by atoms with Gasteiger partial charge in [0.1, 0.15) is 17.1 Å². The molecule has 90 valence electrons. The van der Waals surface area contributed by atoms with E-state index in [4.69, 9.17) is 10.5 Å². The number of benzene rings is 1. The van der Waals surface area contributed by atoms with Crippen LogP contribution in [0.3, 0.4) is 0 Å². The first-order chi connectivity index (χ1) is 8.70. The van der Waals surface area contributed by atoms with Crippen LogP contribution in [0.4, 0.5) is 5.69 Å². The molecule has 0 saturated carbocycles. The molecule has 0 aliphatic carbocycles. The van der Waals surface area contributed by atoms with E-state index < -0.39 is 0 Å². The Morgan fingerprint density at radius 3 is 3.00 bits per heavy atom. The zero-order chi connectivity index (χ0) is 12.5. The smallest absolute Gasteiger partial charge is 0.324 e. The topological polar surface area (TPSA) is 89.7 Å². The molecule has 6 nitrogen and oxygen atoms in total. The molecule has 1 aromatic carbocycles. The van der Waals surface area contributed by atoms with Gasteiger partial charge in [-0.15, -0.1) is 0 Å². The molecule has 0 aliphatic rings. The van der Waals surface area contributed by atoms with Crippen LogP contribution in [0.15, 0.2) is 30.5 Å². The van der Waals surface area contributed by atoms with Gasteiger partial charge in [-0.2, -0.15) is 4.98 Å². The number of hydrogen-bond donors (Lipinski definition) is 2. The minimum Gasteiger partial charge on any atom is -0.424 e. The van der Waals surface area contributed by atoms with Gasteiger partial charge in [-0.05, 0) is 19.1 Å². The lowest BCUT2D eigenvalue weighted by molar-refractivity contribution is 0.444. The molecule has 0 fully saturated rings. The van der Waals surface area contributed by atoms with Crippen LogP contribution in [0.5, 0.6) is 11.8 Å². The quantitative estimate of drug-likeness (QED) is 0.670. The van der Waals surface area contributed by atoms with Crippen LogP contribution in [0.25, 0.3) is 11.2 Å². The fraction of sp³-hybridized carbons (Fsp3) is 0.0833. The van der Waals surface area contributed by atoms with E-state index in [1.807, 2.05) is 13.0 Å². The van der Waals surface area contributed by atoms with Gasteiger partial charge in [0.05, 0.1) is 6.20 Å². The van der Waals surface area contributed by atoms with Crippen molar-refractivity contribution < 1.29 is 4.74 Å². The normalized spacial score (nSPS) is 10.7. The van der Waals surface area contributed by atoms with E-state index in [1.165, 1.54) is 0 Å². The Balaban J connectivity index is 1.94. The van der Waals surface area contributed by atoms with Crippen molar-refractivity contribution in [1.29, 1.82) is 0 Å². The molecule has 2 heterocycles. The Labute approximate surface area is 103 Å². The second kappa shape index (κ2) is 3.99. The number of imidazole rings is 1. The maximum absolute atomic E-state index is 5.67. The monoisotopic (exact) mass is 241 g/mol. The zero-order valence-corrected chi connectivity index (χ0v) is 9.71. The Bertz CT molecular complexity index is 707. The molecular formula is C12H11N5O. The largest absolute Gasteiger partial charge is 0.424 e. The number of nitrogens with two attached hydrogens (primary N) is 1. The average molecular weight is 241 g/mol. The zero-order valence-electron chi connectivity index (χ0n) is 9.71. The number of nitrogens with one attached hydrogen (secondary N) is 1. The molecule has 0 radical (unpaired) electrons. The van der Waals surface area contributed by atoms with Gasteiger partial charge < -0.3 is 15.5 Å². The number of anilines is 1. The van der Waals surface area contributed by atoms with Crippen LogP contribution < -0.4 is 10.5 Å². The summed E-state index contributed by atoms with van der Waals surface area (Å²) in [6, 6.07) is 7.35. The Morgan fingerprint density at radius 2 is 2.17 bits per heavy atom. The average Bonchev–Trinajstić information content (AvgIpc) is 2.68. The number of rotatable bonds is 2. The summed E-state index contributed by atoms with van der Waals surface area (Å²) in [6.45, 7) is 1.86. The number of aromatic amines is 1. The van der Waals surface area contributed by atoms with Gasteiger partial charge in [0.15, 0.2) is 5.65 Å². The molecule has 0 saturated heterocycles. The fourth-order valence-electron chi connectivity index (χ4n) is 1.64. The lowest BCUT2D eigenvalue weighted by atomic mass is 10.3. The van der Waals surface area contributed by atoms with E-state index >= 15 is 0 Å². The van der Waals surface area contributed by atoms with E-state index in [2.05, 4.69) is 19.9 Å². The van der Waals surface area contributed by atoms with Gasteiger partial charge >= 0.3 is 6.01 Å². The van der Waals surface area contributed by atoms with Crippen molar-refractivity contribution in [3.63, 3.8) is 0 Å². The summed E-state index contributed by atoms with van der Waals surface area (Å²) in [5, 5.41) is 0. The number of ether oxygens (including phenoxy) is 1. The molecule has 3 rings (SSSR count). The number of fused-ring (bicyclic) bond motifs is 1. The first kappa shape index (κ1) is 10.5. The maximum Gasteiger partial charge on any atom is 0.324 e. The van der Waals surface area contributed by atoms with E-state index in [1.54, 1.807) is 24.4 Å². The molecule has 0 atom stereocenters. The second-order valence-electron chi connectivity index (χ2n) is 3.89. The summed E-state index contributed by atoms with van der Waals surface area (Å²) < 4.78 is 5.52. The second-order valence-corrected chi connectivity index (χ2v) is 3.89. The fourth-order valence-corrected chi connectivity index (χ4v) is 1.64. The van der Waals surface area contributed by atoms with Crippen LogP contribution in [-0.4, -0.2) is 19.9 Å². The lowest BCUT2D eigenvalue weighted by Gasteiger charge is -2.03. The van der Waals surface area contributed by atoms with E-state index in [9.17, 15) is 0 Å². The highest BCUT2D eigenvalue weighted by atomic mass is 16.5. The molecule has 2 aromatic heterocycles. The Morgan fingerprint density at radius 1 is 1.28 bits per heavy atom. The number of nitrogen functional groups attached to an aromatic ring is 1. The number of nitrogens with zero attached hydrogens (tertiary/aromatic N) is 3. The molecule has 3 N–H and O–H groups in total. The third kappa shape index (κ3) is 1.95. The van der Waals surface area contributed by atoms with Gasteiger partial charge in [0.25, 0.3) is 0 Å². The molecule has 0 unspecified atom stereocenters. The van der Waals surface area contributed by atoms with E-state index in [0.29, 0.717) is 17.1 Å². The summed E-state index contributed by atoms with van der Waals surface area (Å²) >= 11 is 0. The minimum atomic E-state index is 0.250. The van der Waals surface area contributed by atoms with Crippen molar-refractivity contribution in [3.05, 3.63) is 36.3 Å². The van der Waals surface area contributed by atoms with Crippen molar-refractivity contribution in [2.24, 2.45) is 0 Å². The summed E-state index contributed by atoms with van der Waals surface area (Å²) in [5.74, 6) is 1.39. The van der Waals surface area contributed by atoms with Crippen molar-refractivity contribution in [1.82, 2.24) is 19.9 Å². The molecule has 0 spiro atoms. The van der Waals surface area contributed by atoms with Crippen LogP contribution in [0.1, 0.15) is 5.82 Å². The molecule has 0 amide bonds. The predicted molar refractivity (Wildman–Crippen MR) is 67.3 cm³/mol. The summed E-state index contributed by atoms with van der Waals surface area (Å²) in [4.78, 5) is 15.6. The van der Waals surface area contributed by atoms with Crippen molar-refractivity contribution in [2.45, 2.75) is 6.92 Å². The van der Waals surface area contributed by atoms with Crippen LogP contribution >= 0.6 is 0 Å². The van der Waals surface area contributed by atoms with Gasteiger partial charge in [-0.3, -0.25) is 0 Å². The molecule has 3 aromatic rings. The highest BCUT2D eigenvalue weighted by Crippen LogP contribution is 2.21. The number of aryl methyl sites for hydroxylation is 1. The molecular weight excluding hydrogens is 230 g/mol. The summed E-state index contributed by atoms with van der Waals surface area (Å²) in [5.41, 5.74) is 7.67. The summed E-state index contributed by atoms with van der Waals surface area (Å²) in [6.07, 6.45) is 1.64. The van der Waals surface area contributed by atoms with Gasteiger partial charge in [0, 0.05) is 11.8 Å². The van der Waals surface area contributed by atoms with Crippen LogP contribution in [0, 0.1) is 6.92 Å². The third-order valence-corrected chi connectivity index (χ3v) is 2.40. The number of hydrogen-bond acceptors (Lipinski definition) is 5. The van der Waals surface area contributed by atoms with Gasteiger partial charge in [-0.1, -0.05) is 6.07 Å². The summed E-state index contributed by atoms with van der Waals surface area (Å²) in [7, 11) is 0. The third-order valence-electron chi connectivity index (χ3n) is 2.40. The molecule has 6 heteroatoms. The number of aromatic nitrogens is 4. The predicted octanol–water partition coefficient (Wildman–Crippen LogP) is 2.04. The highest BCUT2D eigenvalue weighted by Gasteiger charge is 2.05. The molecule has 0 bridgehead atoms. The van der Waals surface area contributed by atoms with Crippen LogP contribution in [-0.2, 0) is 0 Å². The lowest BCUT2D eigenvalue weighted by Crippen LogP contribution is -1.93. The maximum atomic E-state index is 5.67. The van der Waals surface area contributed by atoms with E-state index in [-0.39, 0.29) is 6.01 Å².